The number of methoxy groups -OCH3 is 3. The van der Waals surface area contributed by atoms with Gasteiger partial charge in [-0.2, -0.15) is 0 Å². The number of rotatable bonds is 6. The molecule has 2 aromatic rings. The molecule has 0 saturated heterocycles. The molecule has 0 fully saturated rings. The van der Waals surface area contributed by atoms with E-state index in [1.807, 2.05) is 24.3 Å². The maximum absolute atomic E-state index is 10.8. The van der Waals surface area contributed by atoms with Crippen molar-refractivity contribution in [3.63, 3.8) is 0 Å². The molecule has 0 amide bonds. The number of fused-ring (bicyclic) bond motifs is 1. The zero-order valence-electron chi connectivity index (χ0n) is 15.9. The fourth-order valence-corrected chi connectivity index (χ4v) is 3.63. The summed E-state index contributed by atoms with van der Waals surface area (Å²) in [4.78, 5) is 2.29. The Kier molecular flexibility index (Phi) is 5.69. The highest BCUT2D eigenvalue weighted by molar-refractivity contribution is 5.49. The van der Waals surface area contributed by atoms with Crippen LogP contribution in [0.5, 0.6) is 17.2 Å². The van der Waals surface area contributed by atoms with E-state index in [1.165, 1.54) is 11.1 Å². The minimum absolute atomic E-state index is 0.121. The highest BCUT2D eigenvalue weighted by Gasteiger charge is 2.29. The molecule has 1 aliphatic heterocycles. The first-order valence-corrected chi connectivity index (χ1v) is 8.84. The van der Waals surface area contributed by atoms with Gasteiger partial charge in [0.15, 0.2) is 11.5 Å². The van der Waals surface area contributed by atoms with Crippen LogP contribution in [0.4, 0.5) is 0 Å². The fourth-order valence-electron chi connectivity index (χ4n) is 3.63. The van der Waals surface area contributed by atoms with Gasteiger partial charge < -0.3 is 19.3 Å². The molecular weight excluding hydrogens is 330 g/mol. The summed E-state index contributed by atoms with van der Waals surface area (Å²) in [5, 5.41) is 10.8. The molecule has 1 N–H and O–H groups in total. The van der Waals surface area contributed by atoms with Crippen molar-refractivity contribution in [2.45, 2.75) is 25.0 Å². The number of hydrogen-bond acceptors (Lipinski definition) is 5. The SMILES string of the molecule is COc1ccc([C@@H](O)C[C@H]2c3cc(OC)c(OC)cc3CCN2C)cc1. The van der Waals surface area contributed by atoms with Crippen LogP contribution in [0.3, 0.4) is 0 Å². The van der Waals surface area contributed by atoms with Gasteiger partial charge in [0.2, 0.25) is 0 Å². The molecule has 5 heteroatoms. The van der Waals surface area contributed by atoms with E-state index < -0.39 is 6.10 Å². The number of benzene rings is 2. The summed E-state index contributed by atoms with van der Waals surface area (Å²) < 4.78 is 16.1. The van der Waals surface area contributed by atoms with Crippen LogP contribution in [0.2, 0.25) is 0 Å². The van der Waals surface area contributed by atoms with Crippen molar-refractivity contribution in [1.82, 2.24) is 4.90 Å². The number of nitrogens with zero attached hydrogens (tertiary/aromatic N) is 1. The van der Waals surface area contributed by atoms with Crippen molar-refractivity contribution < 1.29 is 19.3 Å². The van der Waals surface area contributed by atoms with E-state index in [1.54, 1.807) is 21.3 Å². The van der Waals surface area contributed by atoms with Crippen LogP contribution >= 0.6 is 0 Å². The largest absolute Gasteiger partial charge is 0.497 e. The summed E-state index contributed by atoms with van der Waals surface area (Å²) in [6, 6.07) is 11.8. The summed E-state index contributed by atoms with van der Waals surface area (Å²) in [6.07, 6.45) is 1.03. The summed E-state index contributed by atoms with van der Waals surface area (Å²) in [5.74, 6) is 2.27. The Morgan fingerprint density at radius 3 is 2.31 bits per heavy atom. The number of aliphatic hydroxyl groups is 1. The smallest absolute Gasteiger partial charge is 0.161 e. The zero-order chi connectivity index (χ0) is 18.7. The minimum atomic E-state index is -0.549. The van der Waals surface area contributed by atoms with E-state index in [2.05, 4.69) is 24.1 Å². The second kappa shape index (κ2) is 7.98. The Morgan fingerprint density at radius 1 is 1.04 bits per heavy atom. The molecule has 0 bridgehead atoms. The Bertz CT molecular complexity index is 744. The lowest BCUT2D eigenvalue weighted by atomic mass is 9.88. The van der Waals surface area contributed by atoms with Gasteiger partial charge in [-0.15, -0.1) is 0 Å². The highest BCUT2D eigenvalue weighted by Crippen LogP contribution is 2.41. The van der Waals surface area contributed by atoms with Crippen LogP contribution in [-0.2, 0) is 6.42 Å². The van der Waals surface area contributed by atoms with E-state index in [4.69, 9.17) is 14.2 Å². The van der Waals surface area contributed by atoms with Gasteiger partial charge in [0.05, 0.1) is 27.4 Å². The quantitative estimate of drug-likeness (QED) is 0.859. The monoisotopic (exact) mass is 357 g/mol. The number of ether oxygens (including phenoxy) is 3. The number of aliphatic hydroxyl groups excluding tert-OH is 1. The van der Waals surface area contributed by atoms with Gasteiger partial charge in [-0.1, -0.05) is 12.1 Å². The number of likely N-dealkylation sites (N-methyl/N-ethyl adjacent to an activating group) is 1. The van der Waals surface area contributed by atoms with Gasteiger partial charge in [0, 0.05) is 12.6 Å². The summed E-state index contributed by atoms with van der Waals surface area (Å²) in [6.45, 7) is 0.947. The molecule has 5 nitrogen and oxygen atoms in total. The molecule has 0 saturated carbocycles. The van der Waals surface area contributed by atoms with Gasteiger partial charge >= 0.3 is 0 Å². The van der Waals surface area contributed by atoms with Crippen LogP contribution < -0.4 is 14.2 Å². The number of hydrogen-bond donors (Lipinski definition) is 1. The van der Waals surface area contributed by atoms with Crippen LogP contribution in [0.1, 0.15) is 35.3 Å². The van der Waals surface area contributed by atoms with Crippen molar-refractivity contribution >= 4 is 0 Å². The van der Waals surface area contributed by atoms with Gasteiger partial charge in [-0.05, 0) is 60.8 Å². The molecule has 2 aromatic carbocycles. The van der Waals surface area contributed by atoms with E-state index in [9.17, 15) is 5.11 Å². The second-order valence-corrected chi connectivity index (χ2v) is 6.68. The zero-order valence-corrected chi connectivity index (χ0v) is 15.9. The Labute approximate surface area is 155 Å². The molecule has 3 rings (SSSR count). The third-order valence-electron chi connectivity index (χ3n) is 5.22. The molecule has 2 atom stereocenters. The molecule has 0 aliphatic carbocycles. The maximum Gasteiger partial charge on any atom is 0.161 e. The third kappa shape index (κ3) is 3.64. The lowest BCUT2D eigenvalue weighted by Gasteiger charge is -2.36. The first-order valence-electron chi connectivity index (χ1n) is 8.84. The standard InChI is InChI=1S/C21H27NO4/c1-22-10-9-15-11-20(25-3)21(26-4)12-17(15)18(22)13-19(23)14-5-7-16(24-2)8-6-14/h5-8,11-12,18-19,23H,9-10,13H2,1-4H3/t18-,19-/m0/s1. The van der Waals surface area contributed by atoms with Crippen LogP contribution in [0.15, 0.2) is 36.4 Å². The first-order chi connectivity index (χ1) is 12.6. The van der Waals surface area contributed by atoms with Crippen molar-refractivity contribution in [1.29, 1.82) is 0 Å². The van der Waals surface area contributed by atoms with Gasteiger partial charge in [0.1, 0.15) is 5.75 Å². The minimum Gasteiger partial charge on any atom is -0.497 e. The van der Waals surface area contributed by atoms with Gasteiger partial charge in [-0.25, -0.2) is 0 Å². The summed E-state index contributed by atoms with van der Waals surface area (Å²) >= 11 is 0. The van der Waals surface area contributed by atoms with E-state index in [0.29, 0.717) is 6.42 Å². The average molecular weight is 357 g/mol. The van der Waals surface area contributed by atoms with Crippen molar-refractivity contribution in [2.24, 2.45) is 0 Å². The van der Waals surface area contributed by atoms with Gasteiger partial charge in [0.25, 0.3) is 0 Å². The average Bonchev–Trinajstić information content (AvgIpc) is 2.69. The van der Waals surface area contributed by atoms with Crippen molar-refractivity contribution in [3.8, 4) is 17.2 Å². The van der Waals surface area contributed by atoms with Crippen LogP contribution in [-0.4, -0.2) is 44.9 Å². The first kappa shape index (κ1) is 18.5. The maximum atomic E-state index is 10.8. The Hall–Kier alpha value is -2.24. The summed E-state index contributed by atoms with van der Waals surface area (Å²) in [7, 11) is 7.05. The topological polar surface area (TPSA) is 51.2 Å². The van der Waals surface area contributed by atoms with E-state index in [-0.39, 0.29) is 6.04 Å². The molecule has 1 heterocycles. The predicted molar refractivity (Wildman–Crippen MR) is 101 cm³/mol. The molecule has 1 aliphatic rings. The molecule has 26 heavy (non-hydrogen) atoms. The molecule has 0 radical (unpaired) electrons. The molecule has 0 aromatic heterocycles. The Balaban J connectivity index is 1.87. The Morgan fingerprint density at radius 2 is 1.69 bits per heavy atom. The molecule has 0 spiro atoms. The van der Waals surface area contributed by atoms with Crippen molar-refractivity contribution in [2.75, 3.05) is 34.9 Å². The van der Waals surface area contributed by atoms with Crippen LogP contribution in [0.25, 0.3) is 0 Å². The lowest BCUT2D eigenvalue weighted by molar-refractivity contribution is 0.109. The van der Waals surface area contributed by atoms with E-state index in [0.717, 1.165) is 35.8 Å². The normalized spacial score (nSPS) is 18.1. The van der Waals surface area contributed by atoms with E-state index >= 15 is 0 Å². The lowest BCUT2D eigenvalue weighted by Crippen LogP contribution is -2.33. The molecular formula is C21H27NO4. The van der Waals surface area contributed by atoms with Crippen molar-refractivity contribution in [3.05, 3.63) is 53.1 Å². The molecule has 140 valence electrons. The second-order valence-electron chi connectivity index (χ2n) is 6.68. The van der Waals surface area contributed by atoms with Crippen LogP contribution in [0, 0.1) is 0 Å². The van der Waals surface area contributed by atoms with Gasteiger partial charge in [-0.3, -0.25) is 4.90 Å². The predicted octanol–water partition coefficient (Wildman–Crippen LogP) is 3.37. The highest BCUT2D eigenvalue weighted by atomic mass is 16.5. The summed E-state index contributed by atoms with van der Waals surface area (Å²) in [5.41, 5.74) is 3.35. The molecule has 0 unspecified atom stereocenters. The third-order valence-corrected chi connectivity index (χ3v) is 5.22. The fraction of sp³-hybridized carbons (Fsp3) is 0.429.